The monoisotopic (exact) mass is 983 g/mol. The molecule has 0 aromatic rings. The van der Waals surface area contributed by atoms with E-state index in [1.165, 1.54) is 225 Å². The van der Waals surface area contributed by atoms with Crippen molar-refractivity contribution in [3.63, 3.8) is 0 Å². The van der Waals surface area contributed by atoms with E-state index >= 15 is 0 Å². The van der Waals surface area contributed by atoms with Crippen LogP contribution >= 0.6 is 0 Å². The largest absolute Gasteiger partial charge is 0.462 e. The quantitative estimate of drug-likeness (QED) is 0.0261. The molecule has 410 valence electrons. The van der Waals surface area contributed by atoms with Gasteiger partial charge in [0.15, 0.2) is 6.10 Å². The average molecular weight is 984 g/mol. The van der Waals surface area contributed by atoms with Crippen molar-refractivity contribution in [1.29, 1.82) is 0 Å². The molecule has 0 radical (unpaired) electrons. The fourth-order valence-corrected chi connectivity index (χ4v) is 9.18. The Hall–Kier alpha value is -2.37. The molecule has 0 heterocycles. The normalized spacial score (nSPS) is 12.2. The van der Waals surface area contributed by atoms with Crippen LogP contribution < -0.4 is 0 Å². The van der Waals surface area contributed by atoms with Crippen molar-refractivity contribution in [1.82, 2.24) is 0 Å². The Kier molecular flexibility index (Phi) is 57.2. The van der Waals surface area contributed by atoms with E-state index in [-0.39, 0.29) is 31.1 Å². The molecule has 70 heavy (non-hydrogen) atoms. The van der Waals surface area contributed by atoms with Crippen LogP contribution in [0.2, 0.25) is 0 Å². The summed E-state index contributed by atoms with van der Waals surface area (Å²) in [5.41, 5.74) is 0. The lowest BCUT2D eigenvalue weighted by atomic mass is 10.0. The fraction of sp³-hybridized carbons (Fsp3) is 0.859. The third kappa shape index (κ3) is 56.5. The smallest absolute Gasteiger partial charge is 0.306 e. The summed E-state index contributed by atoms with van der Waals surface area (Å²) >= 11 is 0. The maximum atomic E-state index is 12.9. The molecule has 0 aliphatic carbocycles. The van der Waals surface area contributed by atoms with E-state index in [1.54, 1.807) is 0 Å². The van der Waals surface area contributed by atoms with Gasteiger partial charge in [-0.2, -0.15) is 0 Å². The summed E-state index contributed by atoms with van der Waals surface area (Å²) in [7, 11) is 0. The van der Waals surface area contributed by atoms with E-state index in [2.05, 4.69) is 57.2 Å². The number of hydrogen-bond acceptors (Lipinski definition) is 6. The molecule has 0 N–H and O–H groups in total. The van der Waals surface area contributed by atoms with Gasteiger partial charge >= 0.3 is 17.9 Å². The van der Waals surface area contributed by atoms with Crippen molar-refractivity contribution in [3.05, 3.63) is 36.5 Å². The Balaban J connectivity index is 4.36. The number of hydrogen-bond donors (Lipinski definition) is 0. The van der Waals surface area contributed by atoms with Gasteiger partial charge in [-0.3, -0.25) is 14.4 Å². The van der Waals surface area contributed by atoms with E-state index in [1.807, 2.05) is 0 Å². The van der Waals surface area contributed by atoms with Crippen molar-refractivity contribution >= 4 is 17.9 Å². The van der Waals surface area contributed by atoms with E-state index < -0.39 is 6.10 Å². The summed E-state index contributed by atoms with van der Waals surface area (Å²) < 4.78 is 16.9. The van der Waals surface area contributed by atoms with Crippen LogP contribution in [0.15, 0.2) is 36.5 Å². The Morgan fingerprint density at radius 3 is 0.814 bits per heavy atom. The first-order chi connectivity index (χ1) is 34.5. The van der Waals surface area contributed by atoms with E-state index in [9.17, 15) is 14.4 Å². The first-order valence-electron chi connectivity index (χ1n) is 31.0. The molecule has 0 fully saturated rings. The Labute approximate surface area is 435 Å². The molecule has 0 bridgehead atoms. The zero-order chi connectivity index (χ0) is 50.7. The zero-order valence-electron chi connectivity index (χ0n) is 47.1. The molecule has 6 nitrogen and oxygen atoms in total. The molecule has 1 unspecified atom stereocenters. The van der Waals surface area contributed by atoms with Crippen LogP contribution in [-0.2, 0) is 28.6 Å². The van der Waals surface area contributed by atoms with Gasteiger partial charge in [0.25, 0.3) is 0 Å². The highest BCUT2D eigenvalue weighted by Crippen LogP contribution is 2.17. The zero-order valence-corrected chi connectivity index (χ0v) is 47.1. The maximum absolute atomic E-state index is 12.9. The molecule has 0 aromatic carbocycles. The maximum Gasteiger partial charge on any atom is 0.306 e. The van der Waals surface area contributed by atoms with Crippen molar-refractivity contribution in [3.8, 4) is 0 Å². The number of carbonyl (C=O) groups excluding carboxylic acids is 3. The Morgan fingerprint density at radius 1 is 0.286 bits per heavy atom. The van der Waals surface area contributed by atoms with Crippen LogP contribution in [0.4, 0.5) is 0 Å². The number of carbonyl (C=O) groups is 3. The van der Waals surface area contributed by atoms with Gasteiger partial charge in [0.2, 0.25) is 0 Å². The van der Waals surface area contributed by atoms with Crippen molar-refractivity contribution < 1.29 is 28.6 Å². The highest BCUT2D eigenvalue weighted by molar-refractivity contribution is 5.71. The highest BCUT2D eigenvalue weighted by Gasteiger charge is 2.19. The van der Waals surface area contributed by atoms with Crippen LogP contribution in [0.5, 0.6) is 0 Å². The number of rotatable bonds is 57. The van der Waals surface area contributed by atoms with Gasteiger partial charge in [0.1, 0.15) is 13.2 Å². The molecule has 0 aromatic heterocycles. The highest BCUT2D eigenvalue weighted by atomic mass is 16.6. The second-order valence-electron chi connectivity index (χ2n) is 21.0. The van der Waals surface area contributed by atoms with Crippen LogP contribution in [0.1, 0.15) is 335 Å². The molecule has 6 heteroatoms. The lowest BCUT2D eigenvalue weighted by Crippen LogP contribution is -2.30. The standard InChI is InChI=1S/C64H118O6/c1-4-7-10-13-16-19-22-25-28-31-33-36-39-42-45-48-51-54-57-63(66)69-60-61(59-68-62(65)56-53-50-47-44-41-38-35-30-27-24-21-18-15-12-9-6-3)70-64(67)58-55-52-49-46-43-40-37-34-32-29-26-23-20-17-14-11-8-5-2/h19,22,28-29,31-32,61H,4-18,20-21,23-27,30,33-60H2,1-3H3/b22-19-,31-28-,32-29-. The summed E-state index contributed by atoms with van der Waals surface area (Å²) in [6.07, 6.45) is 71.3. The number of allylic oxidation sites excluding steroid dienone is 6. The van der Waals surface area contributed by atoms with E-state index in [4.69, 9.17) is 14.2 Å². The fourth-order valence-electron chi connectivity index (χ4n) is 9.18. The number of esters is 3. The SMILES string of the molecule is CCCCCC/C=C\C/C=C\CCCCCCCCCC(=O)OCC(COC(=O)CCCCCCCCCCCCCCCCCC)OC(=O)CCCCCCCCC/C=C\CCCCCCCCC. The van der Waals surface area contributed by atoms with Crippen LogP contribution in [0.3, 0.4) is 0 Å². The summed E-state index contributed by atoms with van der Waals surface area (Å²) in [5, 5.41) is 0. The van der Waals surface area contributed by atoms with Crippen LogP contribution in [0.25, 0.3) is 0 Å². The second-order valence-corrected chi connectivity index (χ2v) is 21.0. The van der Waals surface area contributed by atoms with Gasteiger partial charge in [0.05, 0.1) is 0 Å². The third-order valence-electron chi connectivity index (χ3n) is 13.9. The van der Waals surface area contributed by atoms with E-state index in [0.717, 1.165) is 70.6 Å². The minimum absolute atomic E-state index is 0.0724. The van der Waals surface area contributed by atoms with Gasteiger partial charge in [-0.25, -0.2) is 0 Å². The molecule has 0 aliphatic rings. The number of unbranched alkanes of at least 4 members (excludes halogenated alkanes) is 40. The summed E-state index contributed by atoms with van der Waals surface area (Å²) in [5.74, 6) is -0.863. The van der Waals surface area contributed by atoms with Gasteiger partial charge in [-0.05, 0) is 77.0 Å². The van der Waals surface area contributed by atoms with Gasteiger partial charge < -0.3 is 14.2 Å². The first kappa shape index (κ1) is 67.6. The predicted octanol–water partition coefficient (Wildman–Crippen LogP) is 20.8. The summed E-state index contributed by atoms with van der Waals surface area (Å²) in [6.45, 7) is 6.67. The van der Waals surface area contributed by atoms with Crippen molar-refractivity contribution in [2.24, 2.45) is 0 Å². The molecule has 0 rings (SSSR count). The molecule has 0 saturated carbocycles. The predicted molar refractivity (Wildman–Crippen MR) is 302 cm³/mol. The van der Waals surface area contributed by atoms with Gasteiger partial charge in [-0.15, -0.1) is 0 Å². The van der Waals surface area contributed by atoms with Crippen LogP contribution in [0, 0.1) is 0 Å². The Morgan fingerprint density at radius 2 is 0.514 bits per heavy atom. The van der Waals surface area contributed by atoms with Gasteiger partial charge in [0, 0.05) is 19.3 Å². The topological polar surface area (TPSA) is 78.9 Å². The molecule has 1 atom stereocenters. The van der Waals surface area contributed by atoms with Gasteiger partial charge in [-0.1, -0.05) is 276 Å². The first-order valence-corrected chi connectivity index (χ1v) is 31.0. The van der Waals surface area contributed by atoms with Crippen molar-refractivity contribution in [2.75, 3.05) is 13.2 Å². The average Bonchev–Trinajstić information content (AvgIpc) is 3.36. The van der Waals surface area contributed by atoms with E-state index in [0.29, 0.717) is 19.3 Å². The molecular weight excluding hydrogens is 865 g/mol. The second kappa shape index (κ2) is 59.2. The third-order valence-corrected chi connectivity index (χ3v) is 13.9. The summed E-state index contributed by atoms with van der Waals surface area (Å²) in [6, 6.07) is 0. The molecule has 0 aliphatic heterocycles. The van der Waals surface area contributed by atoms with Crippen molar-refractivity contribution in [2.45, 2.75) is 341 Å². The lowest BCUT2D eigenvalue weighted by Gasteiger charge is -2.18. The minimum Gasteiger partial charge on any atom is -0.462 e. The minimum atomic E-state index is -0.776. The van der Waals surface area contributed by atoms with Crippen LogP contribution in [-0.4, -0.2) is 37.2 Å². The number of ether oxygens (including phenoxy) is 3. The Bertz CT molecular complexity index is 1170. The summed E-state index contributed by atoms with van der Waals surface area (Å²) in [4.78, 5) is 38.3. The molecule has 0 spiro atoms. The molecule has 0 amide bonds. The molecule has 0 saturated heterocycles. The molecular formula is C64H118O6. The lowest BCUT2D eigenvalue weighted by molar-refractivity contribution is -0.167.